The summed E-state index contributed by atoms with van der Waals surface area (Å²) >= 11 is 12.0. The van der Waals surface area contributed by atoms with Crippen molar-refractivity contribution in [3.05, 3.63) is 115 Å². The number of anilines is 2. The lowest BCUT2D eigenvalue weighted by molar-refractivity contribution is 0.101. The molecule has 0 radical (unpaired) electrons. The molecule has 4 aromatic rings. The largest absolute Gasteiger partial charge is 0.321 e. The fourth-order valence-corrected chi connectivity index (χ4v) is 5.37. The van der Waals surface area contributed by atoms with Gasteiger partial charge in [-0.15, -0.1) is 0 Å². The van der Waals surface area contributed by atoms with Gasteiger partial charge in [-0.05, 0) is 74.7 Å². The van der Waals surface area contributed by atoms with Crippen LogP contribution in [0.15, 0.2) is 58.6 Å². The number of fused-ring (bicyclic) bond motifs is 2. The first-order valence-electron chi connectivity index (χ1n) is 14.0. The van der Waals surface area contributed by atoms with Crippen molar-refractivity contribution in [1.29, 1.82) is 10.5 Å². The summed E-state index contributed by atoms with van der Waals surface area (Å²) in [6.07, 6.45) is 1.31. The number of hydrogen-bond acceptors (Lipinski definition) is 8. The molecule has 10 nitrogen and oxygen atoms in total. The Morgan fingerprint density at radius 1 is 0.761 bits per heavy atom. The van der Waals surface area contributed by atoms with E-state index in [1.54, 1.807) is 19.9 Å². The molecular formula is C34H26Cl2N8O2. The Bertz CT molecular complexity index is 2000. The van der Waals surface area contributed by atoms with E-state index in [1.165, 1.54) is 6.20 Å². The molecule has 0 atom stereocenters. The maximum Gasteiger partial charge on any atom is 0.274 e. The molecule has 2 N–H and O–H groups in total. The van der Waals surface area contributed by atoms with Crippen molar-refractivity contribution in [1.82, 2.24) is 9.97 Å². The molecule has 2 aliphatic heterocycles. The smallest absolute Gasteiger partial charge is 0.274 e. The molecule has 4 heterocycles. The predicted molar refractivity (Wildman–Crippen MR) is 178 cm³/mol. The van der Waals surface area contributed by atoms with Crippen molar-refractivity contribution in [2.45, 2.75) is 40.8 Å². The standard InChI is InChI=1S/2C17H13ClN4O/c1-9-15(18)12(6-19)8-21-16(9)17(23)22-13-4-3-11-7-20-10(2)14(11)5-13;1-9-5-12(7-19)16(18)22-15(9)17(23)21-13-4-3-11-8-20-10(2)14(11)6-13/h3-5,8H,7H2,1-2H3,(H,22,23);3-6H,8H2,1-2H3,(H,21,23). The van der Waals surface area contributed by atoms with Crippen LogP contribution in [0.4, 0.5) is 11.4 Å². The van der Waals surface area contributed by atoms with Crippen LogP contribution in [0, 0.1) is 36.5 Å². The molecule has 2 aromatic heterocycles. The summed E-state index contributed by atoms with van der Waals surface area (Å²) in [5, 5.41) is 23.8. The molecular weight excluding hydrogens is 623 g/mol. The van der Waals surface area contributed by atoms with Crippen LogP contribution in [0.1, 0.15) is 79.3 Å². The van der Waals surface area contributed by atoms with E-state index < -0.39 is 0 Å². The normalized spacial score (nSPS) is 12.3. The number of halogens is 2. The zero-order valence-electron chi connectivity index (χ0n) is 25.3. The fraction of sp³-hybridized carbons (Fsp3) is 0.176. The van der Waals surface area contributed by atoms with Crippen molar-refractivity contribution in [3.8, 4) is 12.1 Å². The van der Waals surface area contributed by atoms with Crippen molar-refractivity contribution < 1.29 is 9.59 Å². The maximum absolute atomic E-state index is 12.4. The minimum atomic E-state index is -0.360. The van der Waals surface area contributed by atoms with Crippen molar-refractivity contribution in [2.24, 2.45) is 9.98 Å². The Labute approximate surface area is 275 Å². The number of benzene rings is 2. The number of nitrogens with zero attached hydrogens (tertiary/aromatic N) is 6. The molecule has 0 bridgehead atoms. The van der Waals surface area contributed by atoms with Gasteiger partial charge in [-0.3, -0.25) is 19.6 Å². The second kappa shape index (κ2) is 13.3. The Balaban J connectivity index is 0.000000181. The molecule has 12 heteroatoms. The number of rotatable bonds is 4. The van der Waals surface area contributed by atoms with Gasteiger partial charge >= 0.3 is 0 Å². The molecule has 0 saturated carbocycles. The van der Waals surface area contributed by atoms with Gasteiger partial charge in [-0.25, -0.2) is 9.97 Å². The van der Waals surface area contributed by atoms with Crippen LogP contribution in [-0.2, 0) is 13.1 Å². The molecule has 0 saturated heterocycles. The summed E-state index contributed by atoms with van der Waals surface area (Å²) < 4.78 is 0. The zero-order valence-corrected chi connectivity index (χ0v) is 26.8. The Kier molecular flexibility index (Phi) is 9.24. The highest BCUT2D eigenvalue weighted by molar-refractivity contribution is 6.33. The first-order valence-corrected chi connectivity index (χ1v) is 14.8. The van der Waals surface area contributed by atoms with E-state index in [4.69, 9.17) is 33.7 Å². The number of aliphatic imine (C=N–C) groups is 2. The van der Waals surface area contributed by atoms with Crippen molar-refractivity contribution in [3.63, 3.8) is 0 Å². The number of nitriles is 2. The van der Waals surface area contributed by atoms with E-state index in [2.05, 4.69) is 30.6 Å². The minimum Gasteiger partial charge on any atom is -0.321 e. The third-order valence-electron chi connectivity index (χ3n) is 7.57. The Morgan fingerprint density at radius 2 is 1.28 bits per heavy atom. The molecule has 2 aliphatic rings. The van der Waals surface area contributed by atoms with Crippen LogP contribution in [0.5, 0.6) is 0 Å². The van der Waals surface area contributed by atoms with Gasteiger partial charge in [0.05, 0.1) is 29.2 Å². The molecule has 0 aliphatic carbocycles. The highest BCUT2D eigenvalue weighted by Gasteiger charge is 2.19. The van der Waals surface area contributed by atoms with Gasteiger partial charge in [0.25, 0.3) is 11.8 Å². The van der Waals surface area contributed by atoms with Crippen LogP contribution in [0.3, 0.4) is 0 Å². The number of nitrogens with one attached hydrogen (secondary N) is 2. The highest BCUT2D eigenvalue weighted by atomic mass is 35.5. The first-order chi connectivity index (χ1) is 22.0. The zero-order chi connectivity index (χ0) is 33.1. The molecule has 0 fully saturated rings. The number of aromatic nitrogens is 2. The van der Waals surface area contributed by atoms with Gasteiger partial charge in [-0.2, -0.15) is 10.5 Å². The lowest BCUT2D eigenvalue weighted by Gasteiger charge is -2.10. The number of aryl methyl sites for hydroxylation is 1. The van der Waals surface area contributed by atoms with Gasteiger partial charge in [0.15, 0.2) is 0 Å². The second-order valence-corrected chi connectivity index (χ2v) is 11.4. The van der Waals surface area contributed by atoms with E-state index >= 15 is 0 Å². The number of carbonyl (C=O) groups is 2. The molecule has 228 valence electrons. The monoisotopic (exact) mass is 648 g/mol. The topological polar surface area (TPSA) is 156 Å². The lowest BCUT2D eigenvalue weighted by atomic mass is 10.1. The van der Waals surface area contributed by atoms with E-state index in [-0.39, 0.29) is 44.5 Å². The number of hydrogen-bond donors (Lipinski definition) is 2. The summed E-state index contributed by atoms with van der Waals surface area (Å²) in [4.78, 5) is 41.7. The van der Waals surface area contributed by atoms with Gasteiger partial charge in [0, 0.05) is 45.7 Å². The summed E-state index contributed by atoms with van der Waals surface area (Å²) in [7, 11) is 0. The maximum atomic E-state index is 12.4. The predicted octanol–water partition coefficient (Wildman–Crippen LogP) is 6.98. The third kappa shape index (κ3) is 6.50. The van der Waals surface area contributed by atoms with Crippen LogP contribution in [-0.4, -0.2) is 33.2 Å². The number of amides is 2. The molecule has 2 aromatic carbocycles. The van der Waals surface area contributed by atoms with E-state index in [0.717, 1.165) is 33.7 Å². The van der Waals surface area contributed by atoms with Gasteiger partial charge in [-0.1, -0.05) is 35.3 Å². The minimum absolute atomic E-state index is 0.0279. The summed E-state index contributed by atoms with van der Waals surface area (Å²) in [5.41, 5.74) is 9.68. The molecule has 2 amide bonds. The summed E-state index contributed by atoms with van der Waals surface area (Å²) in [6.45, 7) is 8.65. The van der Waals surface area contributed by atoms with Gasteiger partial charge in [0.1, 0.15) is 28.7 Å². The van der Waals surface area contributed by atoms with Crippen molar-refractivity contribution in [2.75, 3.05) is 10.6 Å². The SMILES string of the molecule is CC1=NCc2ccc(NC(=O)c3nc(Cl)c(C#N)cc3C)cc21.CC1=NCc2ccc(NC(=O)c3ncc(C#N)c(Cl)c3C)cc21. The van der Waals surface area contributed by atoms with Crippen molar-refractivity contribution >= 4 is 57.8 Å². The average molecular weight is 650 g/mol. The molecule has 46 heavy (non-hydrogen) atoms. The molecule has 0 unspecified atom stereocenters. The van der Waals surface area contributed by atoms with Crippen LogP contribution in [0.25, 0.3) is 0 Å². The van der Waals surface area contributed by atoms with E-state index in [9.17, 15) is 9.59 Å². The van der Waals surface area contributed by atoms with Crippen LogP contribution < -0.4 is 10.6 Å². The van der Waals surface area contributed by atoms with Crippen LogP contribution >= 0.6 is 23.2 Å². The number of pyridine rings is 2. The molecule has 0 spiro atoms. The molecule has 6 rings (SSSR count). The first kappa shape index (κ1) is 32.0. The highest BCUT2D eigenvalue weighted by Crippen LogP contribution is 2.26. The van der Waals surface area contributed by atoms with Crippen LogP contribution in [0.2, 0.25) is 10.2 Å². The quantitative estimate of drug-likeness (QED) is 0.227. The average Bonchev–Trinajstić information content (AvgIpc) is 3.60. The van der Waals surface area contributed by atoms with Gasteiger partial charge in [0.2, 0.25) is 0 Å². The fourth-order valence-electron chi connectivity index (χ4n) is 5.01. The Hall–Kier alpha value is -5.42. The van der Waals surface area contributed by atoms with E-state index in [0.29, 0.717) is 35.6 Å². The summed E-state index contributed by atoms with van der Waals surface area (Å²) in [6, 6.07) is 16.8. The second-order valence-electron chi connectivity index (χ2n) is 10.6. The summed E-state index contributed by atoms with van der Waals surface area (Å²) in [5.74, 6) is -0.720. The van der Waals surface area contributed by atoms with E-state index in [1.807, 2.05) is 62.4 Å². The number of carbonyl (C=O) groups excluding carboxylic acids is 2. The van der Waals surface area contributed by atoms with Gasteiger partial charge < -0.3 is 10.6 Å². The lowest BCUT2D eigenvalue weighted by Crippen LogP contribution is -2.16. The Morgan fingerprint density at radius 3 is 1.80 bits per heavy atom. The third-order valence-corrected chi connectivity index (χ3v) is 8.34.